The number of likely N-dealkylation sites (tertiary alicyclic amines) is 1. The molecule has 632 valence electrons. The summed E-state index contributed by atoms with van der Waals surface area (Å²) in [7, 11) is 4.55. The van der Waals surface area contributed by atoms with Crippen molar-refractivity contribution in [3.63, 3.8) is 0 Å². The zero-order valence-electron chi connectivity index (χ0n) is 67.7. The largest absolute Gasteiger partial charge is 0.493 e. The fourth-order valence-electron chi connectivity index (χ4n) is 13.5. The lowest BCUT2D eigenvalue weighted by Crippen LogP contribution is -2.53. The van der Waals surface area contributed by atoms with Crippen LogP contribution < -0.4 is 45.1 Å². The van der Waals surface area contributed by atoms with Crippen LogP contribution in [0.3, 0.4) is 0 Å². The van der Waals surface area contributed by atoms with Crippen LogP contribution in [-0.2, 0) is 77.9 Å². The fraction of sp³-hybridized carbons (Fsp3) is 0.536. The molecule has 32 heteroatoms. The Labute approximate surface area is 677 Å². The van der Waals surface area contributed by atoms with E-state index in [0.717, 1.165) is 28.0 Å². The van der Waals surface area contributed by atoms with Gasteiger partial charge in [0.25, 0.3) is 11.8 Å². The molecule has 0 aromatic heterocycles. The summed E-state index contributed by atoms with van der Waals surface area (Å²) < 4.78 is 79.7. The van der Waals surface area contributed by atoms with Crippen LogP contribution in [0.4, 0.5) is 21.9 Å². The number of hydrogen-bond acceptors (Lipinski definition) is 24. The first-order valence-electron chi connectivity index (χ1n) is 39.6. The van der Waals surface area contributed by atoms with Crippen LogP contribution in [0, 0.1) is 11.8 Å². The third-order valence-electron chi connectivity index (χ3n) is 19.6. The molecule has 0 spiro atoms. The minimum absolute atomic E-state index is 0.0134. The van der Waals surface area contributed by atoms with Gasteiger partial charge in [-0.25, -0.2) is 9.69 Å². The predicted molar refractivity (Wildman–Crippen MR) is 429 cm³/mol. The highest BCUT2D eigenvalue weighted by molar-refractivity contribution is 6.07. The number of methoxy groups -OCH3 is 3. The number of amides is 8. The van der Waals surface area contributed by atoms with Gasteiger partial charge >= 0.3 is 6.09 Å². The van der Waals surface area contributed by atoms with Gasteiger partial charge in [0.2, 0.25) is 29.5 Å². The van der Waals surface area contributed by atoms with Crippen molar-refractivity contribution in [1.29, 1.82) is 0 Å². The number of unbranched alkanes of at least 4 members (excludes halogenated alkanes) is 2. The van der Waals surface area contributed by atoms with Crippen molar-refractivity contribution in [3.05, 3.63) is 137 Å². The van der Waals surface area contributed by atoms with Crippen LogP contribution in [-0.4, -0.2) is 263 Å². The standard InChI is InChI=1S/C84H113N9O23/c1-56(2)77(89-75(95)24-29-106-31-33-108-35-37-110-39-41-112-43-44-113-42-40-111-38-36-109-34-32-107-30-25-85-74(94)23-26-90-76(96)49-64(83(90)105-8)61-17-13-10-9-11-14-18-61)79(98)87-59(5)78(97)88-62-21-19-60(20-22-62)55-116-84(102)93-68-51-73(71(104-7)48-66(68)81(100)92-54-58(4)46-69(92)82(93)101)115-28-16-12-15-27-114-72-50-67-65(47-70(72)103-6)80(99)91-53-57(3)45-63(91)52-86-67/h9-11,13-14,17-22,47-48,50-54,56,59,63-64,69,77,82-83,101H,12,15-16,23-46,49,55H2,1-8H3,(H,85,94)(H,87,98)(H,88,97)(H,89,95)/b10-9-,11-9?,13-10?,14-11-,17-13?,18-14?,61-17?,61-18?/t59-,63-,64?,69-,77-,82-,83?/m0/s1. The van der Waals surface area contributed by atoms with Crippen molar-refractivity contribution in [2.24, 2.45) is 16.8 Å². The first-order valence-corrected chi connectivity index (χ1v) is 39.6. The molecule has 32 nitrogen and oxygen atoms in total. The second-order valence-electron chi connectivity index (χ2n) is 28.6. The molecule has 3 aromatic carbocycles. The van der Waals surface area contributed by atoms with Gasteiger partial charge in [-0.2, -0.15) is 0 Å². The Bertz CT molecular complexity index is 4010. The second-order valence-corrected chi connectivity index (χ2v) is 28.6. The number of rotatable bonds is 50. The summed E-state index contributed by atoms with van der Waals surface area (Å²) >= 11 is 0. The second kappa shape index (κ2) is 47.4. The van der Waals surface area contributed by atoms with E-state index in [1.807, 2.05) is 62.6 Å². The van der Waals surface area contributed by atoms with Crippen molar-refractivity contribution in [1.82, 2.24) is 30.7 Å². The number of aliphatic hydroxyl groups is 1. The Morgan fingerprint density at radius 3 is 1.75 bits per heavy atom. The number of fused-ring (bicyclic) bond motifs is 4. The van der Waals surface area contributed by atoms with Crippen LogP contribution >= 0.6 is 0 Å². The zero-order valence-corrected chi connectivity index (χ0v) is 67.7. The number of anilines is 2. The maximum absolute atomic E-state index is 14.3. The summed E-state index contributed by atoms with van der Waals surface area (Å²) in [6.07, 6.45) is 19.5. The van der Waals surface area contributed by atoms with Crippen LogP contribution in [0.25, 0.3) is 0 Å². The number of hydrogen-bond donors (Lipinski definition) is 5. The maximum Gasteiger partial charge on any atom is 0.416 e. The quantitative estimate of drug-likeness (QED) is 0.0336. The third-order valence-corrected chi connectivity index (χ3v) is 19.6. The van der Waals surface area contributed by atoms with Gasteiger partial charge in [-0.1, -0.05) is 79.7 Å². The molecule has 3 aromatic rings. The van der Waals surface area contributed by atoms with Crippen molar-refractivity contribution in [2.75, 3.05) is 164 Å². The number of nitrogens with one attached hydrogen (secondary N) is 4. The van der Waals surface area contributed by atoms with Crippen molar-refractivity contribution in [2.45, 2.75) is 129 Å². The van der Waals surface area contributed by atoms with Gasteiger partial charge in [0.05, 0.1) is 168 Å². The SMILES string of the molecule is COc1cc2c(cc1OCCCCCOc1cc3c(cc1OC)C(=O)N1C=C(C)C[C@H]1[C@H](O)N3C(=O)OCc1ccc(NC(=O)[C@H](C)NC(=O)[C@@H](NC(=O)CCOCCOCCOCCOCCOCCOCCOCCOCCNC(=O)CCN3C(=O)CC(C4=C/C=C\C=C/C=C4)C3OC)C(C)C)cc1)N=C[C@@H]1CC(C)=CN1C2=O. The Hall–Kier alpha value is -9.87. The normalized spacial score (nSPS) is 19.1. The minimum atomic E-state index is -1.53. The monoisotopic (exact) mass is 1620 g/mol. The van der Waals surface area contributed by atoms with Gasteiger partial charge < -0.3 is 107 Å². The predicted octanol–water partition coefficient (Wildman–Crippen LogP) is 7.80. The smallest absolute Gasteiger partial charge is 0.416 e. The summed E-state index contributed by atoms with van der Waals surface area (Å²) in [5, 5.41) is 23.0. The average Bonchev–Trinajstić information content (AvgIpc) is 1.50. The van der Waals surface area contributed by atoms with E-state index in [-0.39, 0.29) is 111 Å². The van der Waals surface area contributed by atoms with E-state index in [9.17, 15) is 43.5 Å². The van der Waals surface area contributed by atoms with E-state index in [1.54, 1.807) is 79.6 Å². The summed E-state index contributed by atoms with van der Waals surface area (Å²) in [6.45, 7) is 15.4. The van der Waals surface area contributed by atoms with Crippen LogP contribution in [0.2, 0.25) is 0 Å². The molecule has 5 aliphatic heterocycles. The van der Waals surface area contributed by atoms with Crippen LogP contribution in [0.1, 0.15) is 112 Å². The molecule has 1 saturated heterocycles. The molecule has 7 atom stereocenters. The summed E-state index contributed by atoms with van der Waals surface area (Å²) in [6, 6.07) is 9.95. The Kier molecular flexibility index (Phi) is 36.8. The number of carbonyl (C=O) groups is 8. The number of allylic oxidation sites excluding steroid dienone is 7. The van der Waals surface area contributed by atoms with Gasteiger partial charge in [-0.15, -0.1) is 0 Å². The van der Waals surface area contributed by atoms with E-state index in [1.165, 1.54) is 38.2 Å². The average molecular weight is 1620 g/mol. The number of ether oxygens (including phenoxy) is 14. The lowest BCUT2D eigenvalue weighted by atomic mass is 9.95. The fourth-order valence-corrected chi connectivity index (χ4v) is 13.5. The molecular weight excluding hydrogens is 1500 g/mol. The van der Waals surface area contributed by atoms with E-state index < -0.39 is 60.3 Å². The van der Waals surface area contributed by atoms with Crippen LogP contribution in [0.5, 0.6) is 23.0 Å². The molecule has 0 radical (unpaired) electrons. The van der Waals surface area contributed by atoms with Gasteiger partial charge in [0.1, 0.15) is 24.9 Å². The molecule has 116 heavy (non-hydrogen) atoms. The molecule has 0 saturated carbocycles. The lowest BCUT2D eigenvalue weighted by molar-refractivity contribution is -0.136. The van der Waals surface area contributed by atoms with Crippen molar-refractivity contribution < 1.29 is 110 Å². The highest BCUT2D eigenvalue weighted by Crippen LogP contribution is 2.43. The van der Waals surface area contributed by atoms with E-state index in [0.29, 0.717) is 165 Å². The molecular formula is C84H113N9O23. The summed E-state index contributed by atoms with van der Waals surface area (Å²) in [5.74, 6) is -1.38. The first-order chi connectivity index (χ1) is 56.3. The van der Waals surface area contributed by atoms with Crippen LogP contribution in [0.15, 0.2) is 125 Å². The summed E-state index contributed by atoms with van der Waals surface area (Å²) in [4.78, 5) is 118. The Morgan fingerprint density at radius 1 is 0.578 bits per heavy atom. The molecule has 5 N–H and O–H groups in total. The summed E-state index contributed by atoms with van der Waals surface area (Å²) in [5.41, 5.74) is 4.93. The molecule has 8 amide bonds. The molecule has 1 aliphatic carbocycles. The molecule has 5 heterocycles. The molecule has 0 bridgehead atoms. The topological polar surface area (TPSA) is 359 Å². The highest BCUT2D eigenvalue weighted by Gasteiger charge is 2.46. The molecule has 2 unspecified atom stereocenters. The van der Waals surface area contributed by atoms with Crippen molar-refractivity contribution in [3.8, 4) is 23.0 Å². The third kappa shape index (κ3) is 26.8. The van der Waals surface area contributed by atoms with E-state index in [4.69, 9.17) is 66.3 Å². The number of benzene rings is 3. The Morgan fingerprint density at radius 2 is 1.14 bits per heavy atom. The number of nitrogens with zero attached hydrogens (tertiary/aromatic N) is 5. The van der Waals surface area contributed by atoms with Gasteiger partial charge in [-0.3, -0.25) is 38.6 Å². The number of carbonyl (C=O) groups excluding carboxylic acids is 8. The van der Waals surface area contributed by atoms with Gasteiger partial charge in [0, 0.05) is 81.8 Å². The number of aliphatic hydroxyl groups excluding tert-OH is 1. The highest BCUT2D eigenvalue weighted by atomic mass is 16.6. The van der Waals surface area contributed by atoms with E-state index in [2.05, 4.69) is 26.3 Å². The Balaban J connectivity index is 0.570. The lowest BCUT2D eigenvalue weighted by Gasteiger charge is -2.31. The molecule has 6 aliphatic rings. The van der Waals surface area contributed by atoms with Gasteiger partial charge in [-0.05, 0) is 94.2 Å². The minimum Gasteiger partial charge on any atom is -0.493 e. The van der Waals surface area contributed by atoms with Crippen molar-refractivity contribution >= 4 is 70.7 Å². The zero-order chi connectivity index (χ0) is 82.7. The van der Waals surface area contributed by atoms with E-state index >= 15 is 0 Å². The number of aliphatic imine (C=N–C) groups is 1. The van der Waals surface area contributed by atoms with Gasteiger partial charge in [0.15, 0.2) is 29.2 Å². The maximum atomic E-state index is 14.3. The first kappa shape index (κ1) is 90.1. The molecule has 9 rings (SSSR count). The molecule has 1 fully saturated rings.